The Hall–Kier alpha value is -2.87. The Kier molecular flexibility index (Phi) is 4.94. The van der Waals surface area contributed by atoms with Gasteiger partial charge in [0.1, 0.15) is 5.75 Å². The molecule has 132 valence electrons. The lowest BCUT2D eigenvalue weighted by Gasteiger charge is -2.20. The molecule has 0 fully saturated rings. The second-order valence-corrected chi connectivity index (χ2v) is 7.67. The van der Waals surface area contributed by atoms with Crippen molar-refractivity contribution in [3.8, 4) is 16.9 Å². The molecule has 0 saturated carbocycles. The van der Waals surface area contributed by atoms with Crippen LogP contribution >= 0.6 is 0 Å². The first kappa shape index (κ1) is 17.9. The summed E-state index contributed by atoms with van der Waals surface area (Å²) in [6, 6.07) is 22.0. The molecule has 0 aliphatic heterocycles. The van der Waals surface area contributed by atoms with E-state index < -0.39 is 0 Å². The molecule has 3 aromatic carbocycles. The third kappa shape index (κ3) is 4.02. The van der Waals surface area contributed by atoms with Gasteiger partial charge in [0.25, 0.3) is 0 Å². The van der Waals surface area contributed by atoms with Crippen LogP contribution in [0.4, 0.5) is 5.69 Å². The average molecular weight is 343 g/mol. The van der Waals surface area contributed by atoms with Gasteiger partial charge in [0.05, 0.1) is 5.69 Å². The minimum Gasteiger partial charge on any atom is -0.507 e. The van der Waals surface area contributed by atoms with Crippen LogP contribution in [0.5, 0.6) is 5.75 Å². The smallest absolute Gasteiger partial charge is 0.132 e. The molecule has 3 aromatic rings. The van der Waals surface area contributed by atoms with Gasteiger partial charge in [-0.15, -0.1) is 0 Å². The molecule has 0 aromatic heterocycles. The highest BCUT2D eigenvalue weighted by Crippen LogP contribution is 2.32. The fraction of sp³-hybridized carbons (Fsp3) is 0.208. The fourth-order valence-corrected chi connectivity index (χ4v) is 2.93. The summed E-state index contributed by atoms with van der Waals surface area (Å²) in [5, 5.41) is 10.7. The number of hydrogen-bond donors (Lipinski definition) is 1. The number of aromatic hydroxyl groups is 1. The number of aryl methyl sites for hydroxylation is 1. The van der Waals surface area contributed by atoms with E-state index in [0.717, 1.165) is 16.8 Å². The van der Waals surface area contributed by atoms with E-state index in [1.807, 2.05) is 48.5 Å². The molecule has 2 heteroatoms. The lowest BCUT2D eigenvalue weighted by Crippen LogP contribution is -2.10. The van der Waals surface area contributed by atoms with Gasteiger partial charge in [-0.1, -0.05) is 69.3 Å². The highest BCUT2D eigenvalue weighted by atomic mass is 16.3. The maximum atomic E-state index is 10.7. The van der Waals surface area contributed by atoms with Crippen LogP contribution in [0.2, 0.25) is 0 Å². The molecule has 0 aliphatic rings. The molecular weight excluding hydrogens is 318 g/mol. The van der Waals surface area contributed by atoms with Crippen molar-refractivity contribution in [2.24, 2.45) is 4.99 Å². The lowest BCUT2D eigenvalue weighted by molar-refractivity contribution is 0.476. The Labute approximate surface area is 155 Å². The second kappa shape index (κ2) is 7.17. The Morgan fingerprint density at radius 3 is 2.31 bits per heavy atom. The zero-order valence-electron chi connectivity index (χ0n) is 15.8. The van der Waals surface area contributed by atoms with Gasteiger partial charge in [0.2, 0.25) is 0 Å². The molecule has 0 spiro atoms. The molecule has 0 unspecified atom stereocenters. The van der Waals surface area contributed by atoms with Crippen LogP contribution in [-0.2, 0) is 5.41 Å². The standard InChI is InChI=1S/C24H25NO/c1-17-13-20(24(2,3)4)15-21(14-17)25-16-19-11-8-12-22(23(19)26)18-9-6-5-7-10-18/h5-16,26H,1-4H3. The summed E-state index contributed by atoms with van der Waals surface area (Å²) in [6.07, 6.45) is 1.74. The van der Waals surface area contributed by atoms with Gasteiger partial charge in [-0.2, -0.15) is 0 Å². The van der Waals surface area contributed by atoms with Gasteiger partial charge in [-0.25, -0.2) is 0 Å². The molecule has 0 saturated heterocycles. The Morgan fingerprint density at radius 1 is 0.885 bits per heavy atom. The molecule has 0 aliphatic carbocycles. The Bertz CT molecular complexity index is 934. The monoisotopic (exact) mass is 343 g/mol. The predicted molar refractivity (Wildman–Crippen MR) is 111 cm³/mol. The van der Waals surface area contributed by atoms with Crippen molar-refractivity contribution < 1.29 is 5.11 Å². The number of nitrogens with zero attached hydrogens (tertiary/aromatic N) is 1. The number of aliphatic imine (C=N–C) groups is 1. The Balaban J connectivity index is 1.96. The van der Waals surface area contributed by atoms with Crippen molar-refractivity contribution in [1.82, 2.24) is 0 Å². The van der Waals surface area contributed by atoms with Crippen LogP contribution in [0.3, 0.4) is 0 Å². The van der Waals surface area contributed by atoms with Gasteiger partial charge in [0.15, 0.2) is 0 Å². The van der Waals surface area contributed by atoms with Gasteiger partial charge >= 0.3 is 0 Å². The predicted octanol–water partition coefficient (Wildman–Crippen LogP) is 6.42. The third-order valence-corrected chi connectivity index (χ3v) is 4.43. The summed E-state index contributed by atoms with van der Waals surface area (Å²) in [5.41, 5.74) is 5.94. The third-order valence-electron chi connectivity index (χ3n) is 4.43. The second-order valence-electron chi connectivity index (χ2n) is 7.67. The van der Waals surface area contributed by atoms with Crippen LogP contribution in [0.1, 0.15) is 37.5 Å². The lowest BCUT2D eigenvalue weighted by atomic mass is 9.86. The van der Waals surface area contributed by atoms with Crippen LogP contribution in [-0.4, -0.2) is 11.3 Å². The topological polar surface area (TPSA) is 32.6 Å². The van der Waals surface area contributed by atoms with Crippen molar-refractivity contribution >= 4 is 11.9 Å². The largest absolute Gasteiger partial charge is 0.507 e. The highest BCUT2D eigenvalue weighted by Gasteiger charge is 2.14. The van der Waals surface area contributed by atoms with Crippen LogP contribution in [0, 0.1) is 6.92 Å². The van der Waals surface area contributed by atoms with Gasteiger partial charge in [-0.05, 0) is 47.2 Å². The molecule has 0 bridgehead atoms. The minimum absolute atomic E-state index is 0.0751. The summed E-state index contributed by atoms with van der Waals surface area (Å²) < 4.78 is 0. The fourth-order valence-electron chi connectivity index (χ4n) is 2.93. The van der Waals surface area contributed by atoms with E-state index >= 15 is 0 Å². The van der Waals surface area contributed by atoms with Gasteiger partial charge in [0, 0.05) is 17.3 Å². The van der Waals surface area contributed by atoms with Gasteiger partial charge in [-0.3, -0.25) is 4.99 Å². The van der Waals surface area contributed by atoms with E-state index in [1.165, 1.54) is 11.1 Å². The van der Waals surface area contributed by atoms with E-state index in [1.54, 1.807) is 6.21 Å². The summed E-state index contributed by atoms with van der Waals surface area (Å²) in [4.78, 5) is 4.62. The van der Waals surface area contributed by atoms with Crippen molar-refractivity contribution in [2.45, 2.75) is 33.1 Å². The summed E-state index contributed by atoms with van der Waals surface area (Å²) in [7, 11) is 0. The first-order valence-corrected chi connectivity index (χ1v) is 8.88. The number of phenols is 1. The van der Waals surface area contributed by atoms with Crippen molar-refractivity contribution in [2.75, 3.05) is 0 Å². The van der Waals surface area contributed by atoms with Crippen molar-refractivity contribution in [3.05, 3.63) is 83.4 Å². The zero-order chi connectivity index (χ0) is 18.7. The summed E-state index contributed by atoms with van der Waals surface area (Å²) >= 11 is 0. The van der Waals surface area contributed by atoms with Crippen LogP contribution in [0.25, 0.3) is 11.1 Å². The number of benzene rings is 3. The van der Waals surface area contributed by atoms with Gasteiger partial charge < -0.3 is 5.11 Å². The highest BCUT2D eigenvalue weighted by molar-refractivity contribution is 5.89. The molecule has 2 nitrogen and oxygen atoms in total. The van der Waals surface area contributed by atoms with E-state index in [-0.39, 0.29) is 11.2 Å². The molecule has 0 radical (unpaired) electrons. The number of hydrogen-bond acceptors (Lipinski definition) is 2. The Morgan fingerprint density at radius 2 is 1.62 bits per heavy atom. The summed E-state index contributed by atoms with van der Waals surface area (Å²) in [6.45, 7) is 8.68. The maximum Gasteiger partial charge on any atom is 0.132 e. The van der Waals surface area contributed by atoms with E-state index in [4.69, 9.17) is 0 Å². The first-order valence-electron chi connectivity index (χ1n) is 8.88. The minimum atomic E-state index is 0.0751. The van der Waals surface area contributed by atoms with Crippen molar-refractivity contribution in [3.63, 3.8) is 0 Å². The zero-order valence-corrected chi connectivity index (χ0v) is 15.8. The molecule has 0 amide bonds. The first-order chi connectivity index (χ1) is 12.3. The average Bonchev–Trinajstić information content (AvgIpc) is 2.60. The molecular formula is C24H25NO. The number of para-hydroxylation sites is 1. The molecule has 1 N–H and O–H groups in total. The molecule has 0 atom stereocenters. The number of rotatable bonds is 3. The normalized spacial score (nSPS) is 11.8. The van der Waals surface area contributed by atoms with Crippen LogP contribution in [0.15, 0.2) is 71.7 Å². The molecule has 3 rings (SSSR count). The van der Waals surface area contributed by atoms with E-state index in [2.05, 4.69) is 50.9 Å². The summed E-state index contributed by atoms with van der Waals surface area (Å²) in [5.74, 6) is 0.256. The molecule has 0 heterocycles. The molecule has 26 heavy (non-hydrogen) atoms. The SMILES string of the molecule is Cc1cc(N=Cc2cccc(-c3ccccc3)c2O)cc(C(C)(C)C)c1. The quantitative estimate of drug-likeness (QED) is 0.547. The number of phenolic OH excluding ortho intramolecular Hbond substituents is 1. The van der Waals surface area contributed by atoms with Crippen LogP contribution < -0.4 is 0 Å². The van der Waals surface area contributed by atoms with E-state index in [0.29, 0.717) is 5.56 Å². The maximum absolute atomic E-state index is 10.7. The van der Waals surface area contributed by atoms with Crippen molar-refractivity contribution in [1.29, 1.82) is 0 Å². The van der Waals surface area contributed by atoms with E-state index in [9.17, 15) is 5.11 Å².